The van der Waals surface area contributed by atoms with Gasteiger partial charge in [0.25, 0.3) is 5.91 Å². The molecule has 1 atom stereocenters. The maximum absolute atomic E-state index is 15.4. The summed E-state index contributed by atoms with van der Waals surface area (Å²) in [4.78, 5) is 56.2. The summed E-state index contributed by atoms with van der Waals surface area (Å²) in [5.41, 5.74) is 1.63. The normalized spacial score (nSPS) is 20.6. The van der Waals surface area contributed by atoms with Crippen molar-refractivity contribution in [1.82, 2.24) is 24.9 Å². The molecule has 0 radical (unpaired) electrons. The topological polar surface area (TPSA) is 114 Å². The summed E-state index contributed by atoms with van der Waals surface area (Å²) in [5.74, 6) is -2.40. The van der Waals surface area contributed by atoms with Gasteiger partial charge in [-0.15, -0.1) is 0 Å². The molecule has 3 aromatic rings. The molecule has 6 rings (SSSR count). The van der Waals surface area contributed by atoms with Gasteiger partial charge >= 0.3 is 12.0 Å². The van der Waals surface area contributed by atoms with E-state index in [0.29, 0.717) is 54.4 Å². The van der Waals surface area contributed by atoms with E-state index in [1.165, 1.54) is 24.3 Å². The van der Waals surface area contributed by atoms with Crippen LogP contribution in [0.25, 0.3) is 11.1 Å². The van der Waals surface area contributed by atoms with Crippen molar-refractivity contribution in [1.29, 1.82) is 0 Å². The van der Waals surface area contributed by atoms with Crippen LogP contribution >= 0.6 is 0 Å². The van der Waals surface area contributed by atoms with Crippen molar-refractivity contribution in [2.75, 3.05) is 6.54 Å². The number of carbonyl (C=O) groups excluding carboxylic acids is 4. The van der Waals surface area contributed by atoms with Crippen LogP contribution in [0.2, 0.25) is 0 Å². The Morgan fingerprint density at radius 3 is 2.46 bits per heavy atom. The summed E-state index contributed by atoms with van der Waals surface area (Å²) in [7, 11) is 1.74. The lowest BCUT2D eigenvalue weighted by molar-refractivity contribution is -0.148. The quantitative estimate of drug-likeness (QED) is 0.209. The zero-order valence-corrected chi connectivity index (χ0v) is 27.5. The van der Waals surface area contributed by atoms with Gasteiger partial charge in [-0.3, -0.25) is 19.2 Å². The van der Waals surface area contributed by atoms with Crippen LogP contribution in [0.4, 0.5) is 13.6 Å². The number of aromatic nitrogens is 2. The second kappa shape index (κ2) is 12.6. The molecule has 1 spiro atoms. The number of fused-ring (bicyclic) bond motifs is 2. The largest absolute Gasteiger partial charge is 0.457 e. The molecular weight excluding hydrogens is 620 g/mol. The maximum atomic E-state index is 15.4. The average Bonchev–Trinajstić information content (AvgIpc) is 3.68. The van der Waals surface area contributed by atoms with E-state index in [0.717, 1.165) is 16.0 Å². The summed E-state index contributed by atoms with van der Waals surface area (Å²) >= 11 is 0. The van der Waals surface area contributed by atoms with Crippen LogP contribution in [-0.2, 0) is 44.7 Å². The lowest BCUT2D eigenvalue weighted by Crippen LogP contribution is -2.48. The first-order valence-electron chi connectivity index (χ1n) is 16.1. The standard InChI is InChI=1S/C36H39F2N5O5/c1-35(2,3)48-32(45)15-22-7-11-27(12-8-22)42(19-23-5-9-26(37)10-6-23)31(44)21-43-33(46)36(40-34(43)47)14-13-24-16-28(30(38)17-29(24)36)25-18-39-41(4)20-25/h5-6,9-10,15-18,20,27H,7-8,11-14,19,21H2,1-4H3,(H,40,47). The molecular formula is C36H39F2N5O5. The monoisotopic (exact) mass is 659 g/mol. The molecule has 1 aromatic heterocycles. The van der Waals surface area contributed by atoms with Gasteiger partial charge in [-0.25, -0.2) is 18.4 Å². The number of allylic oxidation sites excluding steroid dienone is 1. The van der Waals surface area contributed by atoms with E-state index in [2.05, 4.69) is 10.4 Å². The summed E-state index contributed by atoms with van der Waals surface area (Å²) < 4.78 is 36.1. The molecule has 2 aromatic carbocycles. The molecule has 1 saturated heterocycles. The van der Waals surface area contributed by atoms with Gasteiger partial charge in [0, 0.05) is 43.0 Å². The number of amides is 4. The number of rotatable bonds is 7. The third-order valence-corrected chi connectivity index (χ3v) is 9.26. The first kappa shape index (κ1) is 33.0. The van der Waals surface area contributed by atoms with E-state index >= 15 is 4.39 Å². The number of nitrogens with one attached hydrogen (secondary N) is 1. The van der Waals surface area contributed by atoms with Gasteiger partial charge in [0.05, 0.1) is 6.20 Å². The molecule has 1 unspecified atom stereocenters. The SMILES string of the molecule is Cn1cc(-c2cc3c(cc2F)C2(CC3)NC(=O)N(CC(=O)N(Cc3ccc(F)cc3)C3CCC(=CC(=O)OC(C)(C)C)CC3)C2=O)cn1. The number of carbonyl (C=O) groups is 4. The molecule has 252 valence electrons. The van der Waals surface area contributed by atoms with Gasteiger partial charge in [0.15, 0.2) is 0 Å². The zero-order chi connectivity index (χ0) is 34.4. The first-order valence-corrected chi connectivity index (χ1v) is 16.1. The Hall–Kier alpha value is -4.87. The predicted octanol–water partition coefficient (Wildman–Crippen LogP) is 5.30. The highest BCUT2D eigenvalue weighted by molar-refractivity contribution is 6.10. The van der Waals surface area contributed by atoms with Crippen LogP contribution in [-0.4, -0.2) is 61.6 Å². The molecule has 3 aliphatic rings. The molecule has 4 amide bonds. The van der Waals surface area contributed by atoms with Crippen LogP contribution in [0.3, 0.4) is 0 Å². The van der Waals surface area contributed by atoms with Gasteiger partial charge in [-0.1, -0.05) is 17.7 Å². The summed E-state index contributed by atoms with van der Waals surface area (Å²) in [5, 5.41) is 6.91. The van der Waals surface area contributed by atoms with E-state index in [4.69, 9.17) is 4.74 Å². The van der Waals surface area contributed by atoms with E-state index in [9.17, 15) is 23.6 Å². The number of urea groups is 1. The third-order valence-electron chi connectivity index (χ3n) is 9.26. The van der Waals surface area contributed by atoms with Crippen LogP contribution in [0.5, 0.6) is 0 Å². The smallest absolute Gasteiger partial charge is 0.331 e. The van der Waals surface area contributed by atoms with Crippen LogP contribution in [0, 0.1) is 11.6 Å². The number of ether oxygens (including phenoxy) is 1. The molecule has 10 nitrogen and oxygen atoms in total. The van der Waals surface area contributed by atoms with E-state index in [1.807, 2.05) is 0 Å². The molecule has 1 aliphatic heterocycles. The van der Waals surface area contributed by atoms with Crippen molar-refractivity contribution in [2.45, 2.75) is 83.0 Å². The number of nitrogens with zero attached hydrogens (tertiary/aromatic N) is 4. The van der Waals surface area contributed by atoms with Gasteiger partial charge in [0.1, 0.15) is 29.3 Å². The summed E-state index contributed by atoms with van der Waals surface area (Å²) in [6.45, 7) is 5.05. The fourth-order valence-corrected chi connectivity index (χ4v) is 6.94. The van der Waals surface area contributed by atoms with Crippen LogP contribution in [0.1, 0.15) is 69.6 Å². The number of benzene rings is 2. The van der Waals surface area contributed by atoms with Crippen molar-refractivity contribution in [3.63, 3.8) is 0 Å². The summed E-state index contributed by atoms with van der Waals surface area (Å²) in [6, 6.07) is 7.86. The highest BCUT2D eigenvalue weighted by Gasteiger charge is 2.56. The van der Waals surface area contributed by atoms with Gasteiger partial charge in [-0.2, -0.15) is 5.10 Å². The maximum Gasteiger partial charge on any atom is 0.331 e. The van der Waals surface area contributed by atoms with Crippen molar-refractivity contribution < 1.29 is 32.7 Å². The van der Waals surface area contributed by atoms with E-state index < -0.39 is 53.1 Å². The number of aryl methyl sites for hydroxylation is 2. The Morgan fingerprint density at radius 1 is 1.10 bits per heavy atom. The van der Waals surface area contributed by atoms with Crippen molar-refractivity contribution in [2.24, 2.45) is 7.05 Å². The van der Waals surface area contributed by atoms with Crippen molar-refractivity contribution >= 4 is 23.8 Å². The molecule has 12 heteroatoms. The minimum absolute atomic E-state index is 0.148. The number of hydrogen-bond acceptors (Lipinski definition) is 6. The minimum atomic E-state index is -1.46. The molecule has 48 heavy (non-hydrogen) atoms. The fraction of sp³-hybridized carbons (Fsp3) is 0.417. The first-order chi connectivity index (χ1) is 22.7. The second-order valence-corrected chi connectivity index (χ2v) is 13.8. The Labute approximate surface area is 277 Å². The lowest BCUT2D eigenvalue weighted by atomic mass is 9.89. The van der Waals surface area contributed by atoms with E-state index in [1.54, 1.807) is 68.0 Å². The Kier molecular flexibility index (Phi) is 8.69. The predicted molar refractivity (Wildman–Crippen MR) is 172 cm³/mol. The van der Waals surface area contributed by atoms with Crippen molar-refractivity contribution in [3.8, 4) is 11.1 Å². The Morgan fingerprint density at radius 2 is 1.81 bits per heavy atom. The van der Waals surface area contributed by atoms with Crippen LogP contribution < -0.4 is 5.32 Å². The molecule has 2 aliphatic carbocycles. The van der Waals surface area contributed by atoms with Gasteiger partial charge < -0.3 is 15.0 Å². The average molecular weight is 660 g/mol. The molecule has 2 heterocycles. The molecule has 1 saturated carbocycles. The lowest BCUT2D eigenvalue weighted by Gasteiger charge is -2.36. The molecule has 2 fully saturated rings. The second-order valence-electron chi connectivity index (χ2n) is 13.8. The fourth-order valence-electron chi connectivity index (χ4n) is 6.94. The van der Waals surface area contributed by atoms with Gasteiger partial charge in [0.2, 0.25) is 5.91 Å². The number of halogens is 2. The Bertz CT molecular complexity index is 1800. The number of imide groups is 1. The van der Waals surface area contributed by atoms with Crippen LogP contribution in [0.15, 0.2) is 60.4 Å². The Balaban J connectivity index is 1.21. The number of hydrogen-bond donors (Lipinski definition) is 1. The highest BCUT2D eigenvalue weighted by Crippen LogP contribution is 2.43. The molecule has 1 N–H and O–H groups in total. The third kappa shape index (κ3) is 6.61. The van der Waals surface area contributed by atoms with Crippen molar-refractivity contribution in [3.05, 3.63) is 88.8 Å². The highest BCUT2D eigenvalue weighted by atomic mass is 19.1. The van der Waals surface area contributed by atoms with E-state index in [-0.39, 0.29) is 19.0 Å². The minimum Gasteiger partial charge on any atom is -0.457 e. The molecule has 0 bridgehead atoms. The zero-order valence-electron chi connectivity index (χ0n) is 27.5. The number of esters is 1. The van der Waals surface area contributed by atoms with Gasteiger partial charge in [-0.05, 0) is 100 Å². The summed E-state index contributed by atoms with van der Waals surface area (Å²) in [6.07, 6.45) is 7.69.